The van der Waals surface area contributed by atoms with Crippen LogP contribution in [0.4, 0.5) is 11.4 Å². The van der Waals surface area contributed by atoms with E-state index in [1.54, 1.807) is 7.11 Å². The maximum Gasteiger partial charge on any atom is 0.173 e. The molecule has 1 fully saturated rings. The SMILES string of the molecule is COc1ccc(NC(=S)N2CCN(c3ccc(Cl)cc3)CC2)cc1. The predicted molar refractivity (Wildman–Crippen MR) is 104 cm³/mol. The molecule has 1 aliphatic heterocycles. The Morgan fingerprint density at radius 1 is 1.00 bits per heavy atom. The summed E-state index contributed by atoms with van der Waals surface area (Å²) >= 11 is 11.5. The summed E-state index contributed by atoms with van der Waals surface area (Å²) in [7, 11) is 1.66. The van der Waals surface area contributed by atoms with Gasteiger partial charge in [-0.3, -0.25) is 0 Å². The Balaban J connectivity index is 1.53. The predicted octanol–water partition coefficient (Wildman–Crippen LogP) is 3.87. The van der Waals surface area contributed by atoms with Crippen LogP contribution in [0.5, 0.6) is 5.75 Å². The van der Waals surface area contributed by atoms with Crippen LogP contribution >= 0.6 is 23.8 Å². The number of nitrogens with one attached hydrogen (secondary N) is 1. The minimum Gasteiger partial charge on any atom is -0.497 e. The zero-order valence-corrected chi connectivity index (χ0v) is 15.1. The van der Waals surface area contributed by atoms with Gasteiger partial charge in [-0.2, -0.15) is 0 Å². The van der Waals surface area contributed by atoms with Crippen LogP contribution in [-0.4, -0.2) is 43.3 Å². The van der Waals surface area contributed by atoms with Gasteiger partial charge in [-0.1, -0.05) is 11.6 Å². The Hall–Kier alpha value is -1.98. The van der Waals surface area contributed by atoms with E-state index in [1.807, 2.05) is 36.4 Å². The first-order valence-electron chi connectivity index (χ1n) is 7.86. The second kappa shape index (κ2) is 7.73. The number of rotatable bonds is 3. The van der Waals surface area contributed by atoms with Gasteiger partial charge in [0.15, 0.2) is 5.11 Å². The minimum atomic E-state index is 0.760. The van der Waals surface area contributed by atoms with Crippen LogP contribution in [-0.2, 0) is 0 Å². The average Bonchev–Trinajstić information content (AvgIpc) is 2.63. The molecule has 1 aliphatic rings. The molecule has 1 saturated heterocycles. The Labute approximate surface area is 153 Å². The van der Waals surface area contributed by atoms with Crippen LogP contribution in [0.1, 0.15) is 0 Å². The summed E-state index contributed by atoms with van der Waals surface area (Å²) in [6.45, 7) is 3.66. The van der Waals surface area contributed by atoms with Gasteiger partial charge in [-0.05, 0) is 60.7 Å². The molecule has 1 N–H and O–H groups in total. The van der Waals surface area contributed by atoms with Crippen molar-refractivity contribution in [3.63, 3.8) is 0 Å². The lowest BCUT2D eigenvalue weighted by Gasteiger charge is -2.37. The third-order valence-electron chi connectivity index (χ3n) is 4.10. The smallest absolute Gasteiger partial charge is 0.173 e. The molecule has 3 rings (SSSR count). The van der Waals surface area contributed by atoms with Crippen molar-refractivity contribution in [2.45, 2.75) is 0 Å². The van der Waals surface area contributed by atoms with Crippen LogP contribution in [0, 0.1) is 0 Å². The summed E-state index contributed by atoms with van der Waals surface area (Å²) in [5.74, 6) is 0.836. The molecule has 0 aliphatic carbocycles. The molecule has 2 aromatic rings. The van der Waals surface area contributed by atoms with Gasteiger partial charge in [0.1, 0.15) is 5.75 Å². The molecule has 0 radical (unpaired) electrons. The molecular weight excluding hydrogens is 342 g/mol. The molecule has 4 nitrogen and oxygen atoms in total. The molecule has 0 unspecified atom stereocenters. The standard InChI is InChI=1S/C18H20ClN3OS/c1-23-17-8-4-15(5-9-17)20-18(24)22-12-10-21(11-13-22)16-6-2-14(19)3-7-16/h2-9H,10-13H2,1H3,(H,20,24). The van der Waals surface area contributed by atoms with E-state index in [2.05, 4.69) is 27.2 Å². The number of thiocarbonyl (C=S) groups is 1. The van der Waals surface area contributed by atoms with Crippen molar-refractivity contribution in [3.05, 3.63) is 53.6 Å². The number of ether oxygens (including phenoxy) is 1. The minimum absolute atomic E-state index is 0.760. The highest BCUT2D eigenvalue weighted by molar-refractivity contribution is 7.80. The van der Waals surface area contributed by atoms with E-state index >= 15 is 0 Å². The Bertz CT molecular complexity index is 682. The van der Waals surface area contributed by atoms with Crippen molar-refractivity contribution >= 4 is 40.3 Å². The van der Waals surface area contributed by atoms with E-state index in [9.17, 15) is 0 Å². The monoisotopic (exact) mass is 361 g/mol. The summed E-state index contributed by atoms with van der Waals surface area (Å²) in [6, 6.07) is 15.8. The molecule has 0 amide bonds. The summed E-state index contributed by atoms with van der Waals surface area (Å²) in [4.78, 5) is 4.55. The average molecular weight is 362 g/mol. The lowest BCUT2D eigenvalue weighted by Crippen LogP contribution is -2.50. The third kappa shape index (κ3) is 4.10. The van der Waals surface area contributed by atoms with Crippen LogP contribution in [0.3, 0.4) is 0 Å². The van der Waals surface area contributed by atoms with Crippen molar-refractivity contribution in [2.75, 3.05) is 43.5 Å². The largest absolute Gasteiger partial charge is 0.497 e. The number of benzene rings is 2. The topological polar surface area (TPSA) is 27.7 Å². The van der Waals surface area contributed by atoms with Gasteiger partial charge in [-0.25, -0.2) is 0 Å². The van der Waals surface area contributed by atoms with Gasteiger partial charge in [0.05, 0.1) is 7.11 Å². The van der Waals surface area contributed by atoms with Gasteiger partial charge in [0.2, 0.25) is 0 Å². The van der Waals surface area contributed by atoms with Crippen molar-refractivity contribution in [1.29, 1.82) is 0 Å². The maximum atomic E-state index is 5.95. The van der Waals surface area contributed by atoms with E-state index < -0.39 is 0 Å². The summed E-state index contributed by atoms with van der Waals surface area (Å²) < 4.78 is 5.17. The molecular formula is C18H20ClN3OS. The molecule has 0 aromatic heterocycles. The quantitative estimate of drug-likeness (QED) is 0.838. The van der Waals surface area contributed by atoms with E-state index in [4.69, 9.17) is 28.6 Å². The molecule has 24 heavy (non-hydrogen) atoms. The lowest BCUT2D eigenvalue weighted by atomic mass is 10.2. The third-order valence-corrected chi connectivity index (χ3v) is 4.71. The van der Waals surface area contributed by atoms with Crippen molar-refractivity contribution < 1.29 is 4.74 Å². The normalized spacial score (nSPS) is 14.4. The highest BCUT2D eigenvalue weighted by Gasteiger charge is 2.19. The van der Waals surface area contributed by atoms with Crippen LogP contribution in [0.25, 0.3) is 0 Å². The molecule has 1 heterocycles. The fraction of sp³-hybridized carbons (Fsp3) is 0.278. The lowest BCUT2D eigenvalue weighted by molar-refractivity contribution is 0.391. The zero-order chi connectivity index (χ0) is 16.9. The number of methoxy groups -OCH3 is 1. The molecule has 126 valence electrons. The van der Waals surface area contributed by atoms with Crippen LogP contribution in [0.2, 0.25) is 5.02 Å². The maximum absolute atomic E-state index is 5.95. The molecule has 0 saturated carbocycles. The van der Waals surface area contributed by atoms with E-state index in [0.717, 1.165) is 47.8 Å². The molecule has 6 heteroatoms. The summed E-state index contributed by atoms with van der Waals surface area (Å²) in [5, 5.41) is 4.82. The van der Waals surface area contributed by atoms with Gasteiger partial charge in [0.25, 0.3) is 0 Å². The first-order valence-corrected chi connectivity index (χ1v) is 8.65. The number of piperazine rings is 1. The number of hydrogen-bond acceptors (Lipinski definition) is 3. The first-order chi connectivity index (χ1) is 11.7. The highest BCUT2D eigenvalue weighted by atomic mass is 35.5. The second-order valence-corrected chi connectivity index (χ2v) is 6.43. The number of nitrogens with zero attached hydrogens (tertiary/aromatic N) is 2. The number of halogens is 1. The fourth-order valence-electron chi connectivity index (χ4n) is 2.70. The molecule has 2 aromatic carbocycles. The van der Waals surface area contributed by atoms with Crippen LogP contribution in [0.15, 0.2) is 48.5 Å². The van der Waals surface area contributed by atoms with E-state index in [-0.39, 0.29) is 0 Å². The number of anilines is 2. The highest BCUT2D eigenvalue weighted by Crippen LogP contribution is 2.20. The first kappa shape index (κ1) is 16.9. The fourth-order valence-corrected chi connectivity index (χ4v) is 3.12. The summed E-state index contributed by atoms with van der Waals surface area (Å²) in [6.07, 6.45) is 0. The van der Waals surface area contributed by atoms with E-state index in [1.165, 1.54) is 5.69 Å². The van der Waals surface area contributed by atoms with Gasteiger partial charge >= 0.3 is 0 Å². The van der Waals surface area contributed by atoms with Gasteiger partial charge in [-0.15, -0.1) is 0 Å². The van der Waals surface area contributed by atoms with Gasteiger partial charge in [0, 0.05) is 42.6 Å². The van der Waals surface area contributed by atoms with Gasteiger partial charge < -0.3 is 19.9 Å². The molecule has 0 spiro atoms. The zero-order valence-electron chi connectivity index (χ0n) is 13.5. The Morgan fingerprint density at radius 3 is 2.21 bits per heavy atom. The number of hydrogen-bond donors (Lipinski definition) is 1. The Kier molecular flexibility index (Phi) is 5.43. The summed E-state index contributed by atoms with van der Waals surface area (Å²) in [5.41, 5.74) is 2.18. The Morgan fingerprint density at radius 2 is 1.62 bits per heavy atom. The second-order valence-electron chi connectivity index (χ2n) is 5.61. The van der Waals surface area contributed by atoms with Crippen molar-refractivity contribution in [2.24, 2.45) is 0 Å². The van der Waals surface area contributed by atoms with Crippen LogP contribution < -0.4 is 15.0 Å². The molecule has 0 atom stereocenters. The van der Waals surface area contributed by atoms with E-state index in [0.29, 0.717) is 0 Å². The molecule has 0 bridgehead atoms. The van der Waals surface area contributed by atoms with Crippen molar-refractivity contribution in [1.82, 2.24) is 4.90 Å². The van der Waals surface area contributed by atoms with Crippen molar-refractivity contribution in [3.8, 4) is 5.75 Å².